The number of nitrogens with zero attached hydrogens (tertiary/aromatic N) is 4. The quantitative estimate of drug-likeness (QED) is 0.436. The van der Waals surface area contributed by atoms with E-state index in [1.165, 1.54) is 0 Å². The Morgan fingerprint density at radius 2 is 1.97 bits per heavy atom. The smallest absolute Gasteiger partial charge is 0.222 e. The van der Waals surface area contributed by atoms with Gasteiger partial charge in [-0.2, -0.15) is 4.98 Å². The van der Waals surface area contributed by atoms with Crippen LogP contribution >= 0.6 is 11.6 Å². The molecule has 8 heteroatoms. The summed E-state index contributed by atoms with van der Waals surface area (Å²) in [7, 11) is 1.68. The number of hydrogen-bond acceptors (Lipinski definition) is 6. The van der Waals surface area contributed by atoms with E-state index in [9.17, 15) is 0 Å². The first-order valence-electron chi connectivity index (χ1n) is 10.1. The summed E-state index contributed by atoms with van der Waals surface area (Å²) >= 11 is 6.46. The lowest BCUT2D eigenvalue weighted by atomic mass is 9.97. The molecule has 3 N–H and O–H groups in total. The lowest BCUT2D eigenvalue weighted by molar-refractivity contribution is 0.376. The van der Waals surface area contributed by atoms with Gasteiger partial charge < -0.3 is 20.4 Å². The number of methoxy groups -OCH3 is 1. The maximum Gasteiger partial charge on any atom is 0.222 e. The van der Waals surface area contributed by atoms with Crippen molar-refractivity contribution < 1.29 is 4.74 Å². The van der Waals surface area contributed by atoms with Crippen molar-refractivity contribution in [2.45, 2.75) is 47.6 Å². The van der Waals surface area contributed by atoms with Gasteiger partial charge in [0.25, 0.3) is 0 Å². The van der Waals surface area contributed by atoms with Gasteiger partial charge in [-0.3, -0.25) is 4.98 Å². The van der Waals surface area contributed by atoms with Gasteiger partial charge in [0.05, 0.1) is 18.3 Å². The van der Waals surface area contributed by atoms with E-state index in [1.807, 2.05) is 20.0 Å². The molecule has 0 aliphatic heterocycles. The van der Waals surface area contributed by atoms with Crippen LogP contribution in [0, 0.1) is 19.3 Å². The predicted molar refractivity (Wildman–Crippen MR) is 122 cm³/mol. The van der Waals surface area contributed by atoms with Crippen LogP contribution in [0.15, 0.2) is 12.4 Å². The molecule has 3 aromatic heterocycles. The third-order valence-electron chi connectivity index (χ3n) is 5.05. The fourth-order valence-electron chi connectivity index (χ4n) is 3.63. The molecule has 0 unspecified atom stereocenters. The molecule has 0 bridgehead atoms. The van der Waals surface area contributed by atoms with Crippen LogP contribution in [0.4, 0.5) is 5.95 Å². The van der Waals surface area contributed by atoms with Gasteiger partial charge >= 0.3 is 0 Å². The molecule has 7 nitrogen and oxygen atoms in total. The van der Waals surface area contributed by atoms with Crippen LogP contribution in [-0.4, -0.2) is 39.7 Å². The monoisotopic (exact) mass is 430 g/mol. The number of anilines is 1. The predicted octanol–water partition coefficient (Wildman–Crippen LogP) is 3.91. The van der Waals surface area contributed by atoms with E-state index >= 15 is 0 Å². The number of aromatic nitrogens is 4. The van der Waals surface area contributed by atoms with Crippen LogP contribution in [-0.2, 0) is 13.0 Å². The van der Waals surface area contributed by atoms with Gasteiger partial charge in [-0.25, -0.2) is 4.98 Å². The van der Waals surface area contributed by atoms with Crippen molar-refractivity contribution in [2.24, 2.45) is 5.41 Å². The molecule has 0 fully saturated rings. The highest BCUT2D eigenvalue weighted by Gasteiger charge is 2.18. The number of halogens is 1. The lowest BCUT2D eigenvalue weighted by Gasteiger charge is -2.19. The first-order chi connectivity index (χ1) is 14.1. The first-order valence-corrected chi connectivity index (χ1v) is 10.5. The van der Waals surface area contributed by atoms with E-state index in [2.05, 4.69) is 51.8 Å². The Morgan fingerprint density at radius 1 is 1.23 bits per heavy atom. The van der Waals surface area contributed by atoms with Crippen molar-refractivity contribution in [3.63, 3.8) is 0 Å². The molecule has 0 atom stereocenters. The van der Waals surface area contributed by atoms with Crippen molar-refractivity contribution in [2.75, 3.05) is 25.9 Å². The number of hydrogen-bond donors (Lipinski definition) is 2. The highest BCUT2D eigenvalue weighted by atomic mass is 35.5. The minimum absolute atomic E-state index is 0.170. The number of ether oxygens (including phenoxy) is 1. The average molecular weight is 431 g/mol. The molecule has 0 radical (unpaired) electrons. The zero-order valence-electron chi connectivity index (χ0n) is 18.6. The fourth-order valence-corrected chi connectivity index (χ4v) is 3.92. The second-order valence-electron chi connectivity index (χ2n) is 8.88. The first kappa shape index (κ1) is 22.3. The topological polar surface area (TPSA) is 90.9 Å². The number of pyridine rings is 1. The Balaban J connectivity index is 1.95. The van der Waals surface area contributed by atoms with E-state index in [0.717, 1.165) is 58.8 Å². The van der Waals surface area contributed by atoms with Crippen LogP contribution in [0.5, 0.6) is 5.75 Å². The number of nitrogen functional groups attached to an aromatic ring is 1. The highest BCUT2D eigenvalue weighted by molar-refractivity contribution is 6.33. The molecule has 3 heterocycles. The van der Waals surface area contributed by atoms with Crippen molar-refractivity contribution in [3.05, 3.63) is 39.9 Å². The van der Waals surface area contributed by atoms with Gasteiger partial charge in [0, 0.05) is 55.1 Å². The molecule has 0 saturated carbocycles. The van der Waals surface area contributed by atoms with Crippen molar-refractivity contribution in [3.8, 4) is 5.75 Å². The molecular formula is C22H31ClN6O. The molecule has 0 spiro atoms. The third-order valence-corrected chi connectivity index (χ3v) is 5.32. The van der Waals surface area contributed by atoms with Crippen LogP contribution < -0.4 is 15.8 Å². The van der Waals surface area contributed by atoms with E-state index in [4.69, 9.17) is 22.1 Å². The van der Waals surface area contributed by atoms with E-state index in [1.54, 1.807) is 7.11 Å². The fraction of sp³-hybridized carbons (Fsp3) is 0.500. The molecule has 0 amide bonds. The number of nitrogens with one attached hydrogen (secondary N) is 1. The molecule has 0 aromatic carbocycles. The largest absolute Gasteiger partial charge is 0.496 e. The number of fused-ring (bicyclic) bond motifs is 1. The number of aryl methyl sites for hydroxylation is 1. The minimum Gasteiger partial charge on any atom is -0.496 e. The van der Waals surface area contributed by atoms with Crippen molar-refractivity contribution in [1.82, 2.24) is 24.8 Å². The summed E-state index contributed by atoms with van der Waals surface area (Å²) < 4.78 is 7.66. The lowest BCUT2D eigenvalue weighted by Crippen LogP contribution is -2.29. The zero-order valence-corrected chi connectivity index (χ0v) is 19.4. The SMILES string of the molecule is COc1c(C)cnc(Cc2cn(CCNCC(C)(C)C)c3c(Cl)nc(N)nc23)c1C. The van der Waals surface area contributed by atoms with E-state index < -0.39 is 0 Å². The highest BCUT2D eigenvalue weighted by Crippen LogP contribution is 2.30. The Labute approximate surface area is 183 Å². The Kier molecular flexibility index (Phi) is 6.53. The number of rotatable bonds is 7. The summed E-state index contributed by atoms with van der Waals surface area (Å²) in [5.74, 6) is 1.03. The summed E-state index contributed by atoms with van der Waals surface area (Å²) in [5.41, 5.74) is 11.7. The van der Waals surface area contributed by atoms with Gasteiger partial charge in [0.15, 0.2) is 5.15 Å². The second-order valence-corrected chi connectivity index (χ2v) is 9.24. The molecule has 3 rings (SSSR count). The Bertz CT molecular complexity index is 1050. The number of nitrogens with two attached hydrogens (primary N) is 1. The molecule has 0 aliphatic rings. The van der Waals surface area contributed by atoms with E-state index in [0.29, 0.717) is 11.6 Å². The zero-order chi connectivity index (χ0) is 22.1. The van der Waals surface area contributed by atoms with Gasteiger partial charge in [0.1, 0.15) is 11.3 Å². The maximum atomic E-state index is 6.46. The third kappa shape index (κ3) is 4.84. The van der Waals surface area contributed by atoms with Gasteiger partial charge in [0.2, 0.25) is 5.95 Å². The second kappa shape index (κ2) is 8.78. The van der Waals surface area contributed by atoms with Gasteiger partial charge in [-0.15, -0.1) is 0 Å². The molecule has 162 valence electrons. The van der Waals surface area contributed by atoms with Crippen molar-refractivity contribution in [1.29, 1.82) is 0 Å². The van der Waals surface area contributed by atoms with Crippen LogP contribution in [0.3, 0.4) is 0 Å². The van der Waals surface area contributed by atoms with Crippen molar-refractivity contribution >= 4 is 28.6 Å². The van der Waals surface area contributed by atoms with Gasteiger partial charge in [-0.05, 0) is 19.3 Å². The molecular weight excluding hydrogens is 400 g/mol. The summed E-state index contributed by atoms with van der Waals surface area (Å²) in [4.78, 5) is 13.3. The van der Waals surface area contributed by atoms with Crippen LogP contribution in [0.2, 0.25) is 5.15 Å². The summed E-state index contributed by atoms with van der Waals surface area (Å²) in [6, 6.07) is 0. The summed E-state index contributed by atoms with van der Waals surface area (Å²) in [5, 5.41) is 3.87. The maximum absolute atomic E-state index is 6.46. The summed E-state index contributed by atoms with van der Waals surface area (Å²) in [6.07, 6.45) is 4.53. The molecule has 0 saturated heterocycles. The molecule has 30 heavy (non-hydrogen) atoms. The Hall–Kier alpha value is -2.38. The average Bonchev–Trinajstić information content (AvgIpc) is 2.98. The van der Waals surface area contributed by atoms with Crippen LogP contribution in [0.25, 0.3) is 11.0 Å². The standard InChI is InChI=1S/C22H31ClN6O/c1-13-10-26-16(14(2)19(13)30-6)9-15-11-29(8-7-25-12-22(3,4)5)18-17(15)27-21(24)28-20(18)23/h10-11,25H,7-9,12H2,1-6H3,(H2,24,27,28). The van der Waals surface area contributed by atoms with Crippen LogP contribution in [0.1, 0.15) is 43.2 Å². The molecule has 0 aliphatic carbocycles. The van der Waals surface area contributed by atoms with E-state index in [-0.39, 0.29) is 11.4 Å². The normalized spacial score (nSPS) is 12.0. The van der Waals surface area contributed by atoms with Gasteiger partial charge in [-0.1, -0.05) is 32.4 Å². The molecule has 3 aromatic rings. The summed E-state index contributed by atoms with van der Waals surface area (Å²) in [6.45, 7) is 13.2. The minimum atomic E-state index is 0.170. The Morgan fingerprint density at radius 3 is 2.63 bits per heavy atom.